The molecular weight excluding hydrogens is 236 g/mol. The fourth-order valence-electron chi connectivity index (χ4n) is 3.69. The molecule has 1 aliphatic rings. The molecule has 1 heterocycles. The lowest BCUT2D eigenvalue weighted by Crippen LogP contribution is -2.54. The standard InChI is InChI=1S/C14H27F2NO/c1-12(2,3)11(13(4,5)6)17-9-14(15,16)7-10(17)8-18/h10-11,18H,7-9H2,1-6H3/t10-/m1/s1. The number of rotatable bonds is 2. The van der Waals surface area contributed by atoms with Crippen molar-refractivity contribution in [3.63, 3.8) is 0 Å². The number of hydrogen-bond donors (Lipinski definition) is 1. The minimum absolute atomic E-state index is 0.00975. The smallest absolute Gasteiger partial charge is 0.262 e. The number of alkyl halides is 2. The van der Waals surface area contributed by atoms with Gasteiger partial charge in [-0.15, -0.1) is 0 Å². The summed E-state index contributed by atoms with van der Waals surface area (Å²) in [6.07, 6.45) is -0.230. The molecule has 2 nitrogen and oxygen atoms in total. The Morgan fingerprint density at radius 2 is 1.61 bits per heavy atom. The van der Waals surface area contributed by atoms with Gasteiger partial charge in [0, 0.05) is 18.5 Å². The number of halogens is 2. The summed E-state index contributed by atoms with van der Waals surface area (Å²) in [5, 5.41) is 9.37. The Labute approximate surface area is 109 Å². The highest BCUT2D eigenvalue weighted by molar-refractivity contribution is 5.00. The Morgan fingerprint density at radius 1 is 1.17 bits per heavy atom. The van der Waals surface area contributed by atoms with Crippen LogP contribution in [-0.4, -0.2) is 41.2 Å². The third kappa shape index (κ3) is 3.41. The third-order valence-electron chi connectivity index (χ3n) is 3.60. The van der Waals surface area contributed by atoms with E-state index in [2.05, 4.69) is 41.5 Å². The van der Waals surface area contributed by atoms with E-state index in [1.54, 1.807) is 0 Å². The molecule has 0 spiro atoms. The molecule has 0 radical (unpaired) electrons. The van der Waals surface area contributed by atoms with Crippen LogP contribution in [0.4, 0.5) is 8.78 Å². The number of aliphatic hydroxyl groups excluding tert-OH is 1. The van der Waals surface area contributed by atoms with Crippen LogP contribution in [0.25, 0.3) is 0 Å². The maximum Gasteiger partial charge on any atom is 0.262 e. The summed E-state index contributed by atoms with van der Waals surface area (Å²) in [7, 11) is 0. The van der Waals surface area contributed by atoms with Crippen molar-refractivity contribution in [3.05, 3.63) is 0 Å². The molecular formula is C14H27F2NO. The zero-order chi connectivity index (χ0) is 14.4. The van der Waals surface area contributed by atoms with E-state index in [4.69, 9.17) is 0 Å². The summed E-state index contributed by atoms with van der Waals surface area (Å²) >= 11 is 0. The van der Waals surface area contributed by atoms with Gasteiger partial charge in [-0.25, -0.2) is 8.78 Å². The predicted octanol–water partition coefficient (Wildman–Crippen LogP) is 3.15. The van der Waals surface area contributed by atoms with Gasteiger partial charge >= 0.3 is 0 Å². The molecule has 0 unspecified atom stereocenters. The predicted molar refractivity (Wildman–Crippen MR) is 69.8 cm³/mol. The van der Waals surface area contributed by atoms with Gasteiger partial charge in [-0.2, -0.15) is 0 Å². The van der Waals surface area contributed by atoms with Crippen LogP contribution in [-0.2, 0) is 0 Å². The Balaban J connectivity index is 3.07. The van der Waals surface area contributed by atoms with E-state index in [1.807, 2.05) is 4.90 Å². The minimum Gasteiger partial charge on any atom is -0.395 e. The van der Waals surface area contributed by atoms with Crippen molar-refractivity contribution in [1.82, 2.24) is 4.90 Å². The maximum atomic E-state index is 13.6. The van der Waals surface area contributed by atoms with Crippen molar-refractivity contribution in [1.29, 1.82) is 0 Å². The second-order valence-electron chi connectivity index (χ2n) is 7.70. The largest absolute Gasteiger partial charge is 0.395 e. The van der Waals surface area contributed by atoms with Gasteiger partial charge in [0.15, 0.2) is 0 Å². The average molecular weight is 263 g/mol. The normalized spacial score (nSPS) is 26.0. The van der Waals surface area contributed by atoms with Crippen LogP contribution in [0.5, 0.6) is 0 Å². The lowest BCUT2D eigenvalue weighted by molar-refractivity contribution is -0.0299. The number of likely N-dealkylation sites (tertiary alicyclic amines) is 1. The fourth-order valence-corrected chi connectivity index (χ4v) is 3.69. The fraction of sp³-hybridized carbons (Fsp3) is 1.00. The molecule has 1 rings (SSSR count). The van der Waals surface area contributed by atoms with E-state index in [9.17, 15) is 13.9 Å². The monoisotopic (exact) mass is 263 g/mol. The first-order valence-electron chi connectivity index (χ1n) is 6.63. The molecule has 1 N–H and O–H groups in total. The molecule has 4 heteroatoms. The summed E-state index contributed by atoms with van der Waals surface area (Å²) in [5.41, 5.74) is -0.210. The van der Waals surface area contributed by atoms with Crippen LogP contribution < -0.4 is 0 Å². The first-order chi connectivity index (χ1) is 7.88. The molecule has 0 aromatic rings. The van der Waals surface area contributed by atoms with E-state index >= 15 is 0 Å². The van der Waals surface area contributed by atoms with Crippen LogP contribution in [0.15, 0.2) is 0 Å². The van der Waals surface area contributed by atoms with Gasteiger partial charge in [0.2, 0.25) is 0 Å². The Morgan fingerprint density at radius 3 is 1.94 bits per heavy atom. The summed E-state index contributed by atoms with van der Waals surface area (Å²) in [4.78, 5) is 1.82. The molecule has 1 atom stereocenters. The van der Waals surface area contributed by atoms with Crippen molar-refractivity contribution < 1.29 is 13.9 Å². The average Bonchev–Trinajstić information content (AvgIpc) is 2.35. The molecule has 0 amide bonds. The lowest BCUT2D eigenvalue weighted by atomic mass is 9.71. The van der Waals surface area contributed by atoms with Gasteiger partial charge in [0.25, 0.3) is 5.92 Å². The molecule has 0 aromatic heterocycles. The molecule has 0 saturated carbocycles. The first kappa shape index (κ1) is 15.8. The highest BCUT2D eigenvalue weighted by Crippen LogP contribution is 2.43. The lowest BCUT2D eigenvalue weighted by Gasteiger charge is -2.48. The van der Waals surface area contributed by atoms with Crippen LogP contribution in [0.3, 0.4) is 0 Å². The molecule has 108 valence electrons. The summed E-state index contributed by atoms with van der Waals surface area (Å²) in [5.74, 6) is -2.68. The van der Waals surface area contributed by atoms with Crippen LogP contribution in [0.1, 0.15) is 48.0 Å². The van der Waals surface area contributed by atoms with Gasteiger partial charge in [0.05, 0.1) is 13.2 Å². The molecule has 18 heavy (non-hydrogen) atoms. The van der Waals surface area contributed by atoms with Crippen molar-refractivity contribution in [3.8, 4) is 0 Å². The SMILES string of the molecule is CC(C)(C)C(N1CC(F)(F)C[C@@H]1CO)C(C)(C)C. The molecule has 0 aliphatic carbocycles. The Bertz CT molecular complexity index is 277. The van der Waals surface area contributed by atoms with Crippen molar-refractivity contribution in [2.24, 2.45) is 10.8 Å². The number of hydrogen-bond acceptors (Lipinski definition) is 2. The molecule has 0 bridgehead atoms. The topological polar surface area (TPSA) is 23.5 Å². The third-order valence-corrected chi connectivity index (χ3v) is 3.60. The van der Waals surface area contributed by atoms with Gasteiger partial charge in [0.1, 0.15) is 0 Å². The molecule has 1 saturated heterocycles. The maximum absolute atomic E-state index is 13.6. The van der Waals surface area contributed by atoms with Gasteiger partial charge in [-0.1, -0.05) is 41.5 Å². The van der Waals surface area contributed by atoms with Gasteiger partial charge in [-0.3, -0.25) is 4.90 Å². The van der Waals surface area contributed by atoms with E-state index in [1.165, 1.54) is 0 Å². The van der Waals surface area contributed by atoms with Gasteiger partial charge < -0.3 is 5.11 Å². The van der Waals surface area contributed by atoms with Crippen molar-refractivity contribution in [2.75, 3.05) is 13.2 Å². The second-order valence-corrected chi connectivity index (χ2v) is 7.70. The minimum atomic E-state index is -2.68. The Hall–Kier alpha value is -0.220. The number of nitrogens with zero attached hydrogens (tertiary/aromatic N) is 1. The van der Waals surface area contributed by atoms with Crippen LogP contribution >= 0.6 is 0 Å². The van der Waals surface area contributed by atoms with E-state index in [0.29, 0.717) is 0 Å². The zero-order valence-corrected chi connectivity index (χ0v) is 12.4. The Kier molecular flexibility index (Phi) is 4.15. The van der Waals surface area contributed by atoms with E-state index in [0.717, 1.165) is 0 Å². The van der Waals surface area contributed by atoms with Crippen molar-refractivity contribution >= 4 is 0 Å². The van der Waals surface area contributed by atoms with Crippen molar-refractivity contribution in [2.45, 2.75) is 66.0 Å². The molecule has 1 aliphatic heterocycles. The van der Waals surface area contributed by atoms with E-state index < -0.39 is 12.0 Å². The van der Waals surface area contributed by atoms with Crippen LogP contribution in [0.2, 0.25) is 0 Å². The highest BCUT2D eigenvalue weighted by Gasteiger charge is 2.51. The number of aliphatic hydroxyl groups is 1. The first-order valence-corrected chi connectivity index (χ1v) is 6.63. The summed E-state index contributed by atoms with van der Waals surface area (Å²) < 4.78 is 27.2. The quantitative estimate of drug-likeness (QED) is 0.827. The molecule has 0 aromatic carbocycles. The molecule has 1 fully saturated rings. The van der Waals surface area contributed by atoms with Gasteiger partial charge in [-0.05, 0) is 10.8 Å². The van der Waals surface area contributed by atoms with E-state index in [-0.39, 0.29) is 36.4 Å². The second kappa shape index (κ2) is 4.71. The highest BCUT2D eigenvalue weighted by atomic mass is 19.3. The summed E-state index contributed by atoms with van der Waals surface area (Å²) in [6, 6.07) is -0.418. The van der Waals surface area contributed by atoms with Crippen LogP contribution in [0, 0.1) is 10.8 Å². The zero-order valence-electron chi connectivity index (χ0n) is 12.4. The summed E-state index contributed by atoms with van der Waals surface area (Å²) in [6.45, 7) is 12.0.